The van der Waals surface area contributed by atoms with E-state index in [1.54, 1.807) is 0 Å². The van der Waals surface area contributed by atoms with Crippen molar-refractivity contribution in [2.24, 2.45) is 5.92 Å². The van der Waals surface area contributed by atoms with Gasteiger partial charge in [0.25, 0.3) is 0 Å². The summed E-state index contributed by atoms with van der Waals surface area (Å²) < 4.78 is 37.1. The third kappa shape index (κ3) is 4.87. The molecule has 0 spiro atoms. The predicted octanol–water partition coefficient (Wildman–Crippen LogP) is 3.10. The van der Waals surface area contributed by atoms with Crippen molar-refractivity contribution in [2.75, 3.05) is 13.1 Å². The minimum absolute atomic E-state index is 0.0130. The summed E-state index contributed by atoms with van der Waals surface area (Å²) in [7, 11) is 0. The SMILES string of the molecule is CC(CCCC(=O)N1CCCC1)NC1CC(C(F)(F)F)C1. The van der Waals surface area contributed by atoms with Crippen molar-refractivity contribution >= 4 is 5.91 Å². The fourth-order valence-corrected chi connectivity index (χ4v) is 3.19. The molecular formula is C15H25F3N2O. The van der Waals surface area contributed by atoms with Gasteiger partial charge in [-0.2, -0.15) is 13.2 Å². The topological polar surface area (TPSA) is 32.3 Å². The van der Waals surface area contributed by atoms with Crippen LogP contribution in [0.4, 0.5) is 13.2 Å². The molecule has 0 aromatic carbocycles. The molecule has 1 unspecified atom stereocenters. The van der Waals surface area contributed by atoms with Crippen molar-refractivity contribution in [1.82, 2.24) is 10.2 Å². The first-order chi connectivity index (χ1) is 9.86. The summed E-state index contributed by atoms with van der Waals surface area (Å²) in [6.07, 6.45) is 0.760. The maximum atomic E-state index is 12.4. The molecule has 0 aromatic rings. The highest BCUT2D eigenvalue weighted by atomic mass is 19.4. The van der Waals surface area contributed by atoms with E-state index in [1.165, 1.54) is 0 Å². The maximum Gasteiger partial charge on any atom is 0.391 e. The quantitative estimate of drug-likeness (QED) is 0.818. The van der Waals surface area contributed by atoms with E-state index in [-0.39, 0.29) is 30.8 Å². The molecule has 6 heteroatoms. The molecule has 1 amide bonds. The number of amides is 1. The summed E-state index contributed by atoms with van der Waals surface area (Å²) in [4.78, 5) is 13.8. The lowest BCUT2D eigenvalue weighted by Gasteiger charge is -2.38. The van der Waals surface area contributed by atoms with Gasteiger partial charge in [0, 0.05) is 31.6 Å². The first-order valence-corrected chi connectivity index (χ1v) is 7.97. The number of carbonyl (C=O) groups excluding carboxylic acids is 1. The van der Waals surface area contributed by atoms with Gasteiger partial charge < -0.3 is 10.2 Å². The van der Waals surface area contributed by atoms with Crippen LogP contribution in [0.1, 0.15) is 51.9 Å². The highest BCUT2D eigenvalue weighted by molar-refractivity contribution is 5.76. The number of alkyl halides is 3. The normalized spacial score (nSPS) is 27.5. The van der Waals surface area contributed by atoms with Crippen LogP contribution in [-0.2, 0) is 4.79 Å². The number of halogens is 3. The van der Waals surface area contributed by atoms with Gasteiger partial charge in [0.15, 0.2) is 0 Å². The Kier molecular flexibility index (Phi) is 5.52. The standard InChI is InChI=1S/C15H25F3N2O/c1-11(19-13-9-12(10-13)15(16,17)18)5-4-6-14(21)20-7-2-3-8-20/h11-13,19H,2-10H2,1H3. The number of hydrogen-bond acceptors (Lipinski definition) is 2. The van der Waals surface area contributed by atoms with Crippen molar-refractivity contribution in [3.63, 3.8) is 0 Å². The summed E-state index contributed by atoms with van der Waals surface area (Å²) in [5, 5.41) is 3.24. The molecule has 0 aromatic heterocycles. The second-order valence-electron chi connectivity index (χ2n) is 6.45. The monoisotopic (exact) mass is 306 g/mol. The summed E-state index contributed by atoms with van der Waals surface area (Å²) in [6, 6.07) is 0.163. The molecule has 1 aliphatic carbocycles. The van der Waals surface area contributed by atoms with E-state index in [1.807, 2.05) is 11.8 Å². The number of hydrogen-bond donors (Lipinski definition) is 1. The molecule has 1 saturated heterocycles. The van der Waals surface area contributed by atoms with Gasteiger partial charge in [-0.15, -0.1) is 0 Å². The van der Waals surface area contributed by atoms with Gasteiger partial charge in [-0.3, -0.25) is 4.79 Å². The van der Waals surface area contributed by atoms with Crippen LogP contribution in [0.15, 0.2) is 0 Å². The molecule has 1 N–H and O–H groups in total. The second kappa shape index (κ2) is 6.99. The number of rotatable bonds is 6. The van der Waals surface area contributed by atoms with Gasteiger partial charge in [-0.25, -0.2) is 0 Å². The van der Waals surface area contributed by atoms with Crippen molar-refractivity contribution in [2.45, 2.75) is 70.1 Å². The van der Waals surface area contributed by atoms with Crippen LogP contribution >= 0.6 is 0 Å². The molecule has 122 valence electrons. The summed E-state index contributed by atoms with van der Waals surface area (Å²) in [5.74, 6) is -0.903. The van der Waals surface area contributed by atoms with E-state index in [2.05, 4.69) is 5.32 Å². The Morgan fingerprint density at radius 3 is 2.48 bits per heavy atom. The van der Waals surface area contributed by atoms with Crippen LogP contribution in [0.25, 0.3) is 0 Å². The third-order valence-electron chi connectivity index (χ3n) is 4.61. The van der Waals surface area contributed by atoms with Crippen LogP contribution < -0.4 is 5.32 Å². The Labute approximate surface area is 124 Å². The molecule has 2 rings (SSSR count). The number of nitrogens with zero attached hydrogens (tertiary/aromatic N) is 1. The number of nitrogens with one attached hydrogen (secondary N) is 1. The average Bonchev–Trinajstić information content (AvgIpc) is 2.85. The second-order valence-corrected chi connectivity index (χ2v) is 6.45. The Hall–Kier alpha value is -0.780. The molecule has 1 aliphatic heterocycles. The lowest BCUT2D eigenvalue weighted by atomic mass is 9.79. The van der Waals surface area contributed by atoms with Crippen LogP contribution in [0, 0.1) is 5.92 Å². The Bertz CT molecular complexity index is 347. The summed E-state index contributed by atoms with van der Waals surface area (Å²) in [5.41, 5.74) is 0. The van der Waals surface area contributed by atoms with E-state index in [0.717, 1.165) is 38.8 Å². The van der Waals surface area contributed by atoms with Gasteiger partial charge in [0.05, 0.1) is 5.92 Å². The fourth-order valence-electron chi connectivity index (χ4n) is 3.19. The predicted molar refractivity (Wildman–Crippen MR) is 74.8 cm³/mol. The van der Waals surface area contributed by atoms with Gasteiger partial charge in [0.1, 0.15) is 0 Å². The summed E-state index contributed by atoms with van der Waals surface area (Å²) in [6.45, 7) is 3.75. The summed E-state index contributed by atoms with van der Waals surface area (Å²) >= 11 is 0. The molecule has 1 heterocycles. The Morgan fingerprint density at radius 2 is 1.90 bits per heavy atom. The number of carbonyl (C=O) groups is 1. The Morgan fingerprint density at radius 1 is 1.29 bits per heavy atom. The van der Waals surface area contributed by atoms with Crippen LogP contribution in [0.2, 0.25) is 0 Å². The molecule has 2 aliphatic rings. The molecular weight excluding hydrogens is 281 g/mol. The van der Waals surface area contributed by atoms with E-state index in [4.69, 9.17) is 0 Å². The van der Waals surface area contributed by atoms with E-state index in [0.29, 0.717) is 6.42 Å². The van der Waals surface area contributed by atoms with Gasteiger partial charge in [0.2, 0.25) is 5.91 Å². The molecule has 0 radical (unpaired) electrons. The first-order valence-electron chi connectivity index (χ1n) is 7.97. The van der Waals surface area contributed by atoms with Crippen molar-refractivity contribution in [1.29, 1.82) is 0 Å². The van der Waals surface area contributed by atoms with Crippen LogP contribution in [-0.4, -0.2) is 42.2 Å². The first kappa shape index (κ1) is 16.6. The van der Waals surface area contributed by atoms with Crippen molar-refractivity contribution in [3.05, 3.63) is 0 Å². The lowest BCUT2D eigenvalue weighted by molar-refractivity contribution is -0.199. The van der Waals surface area contributed by atoms with Crippen molar-refractivity contribution in [3.8, 4) is 0 Å². The number of likely N-dealkylation sites (tertiary alicyclic amines) is 1. The maximum absolute atomic E-state index is 12.4. The molecule has 2 fully saturated rings. The Balaban J connectivity index is 1.54. The highest BCUT2D eigenvalue weighted by Crippen LogP contribution is 2.41. The van der Waals surface area contributed by atoms with Gasteiger partial charge >= 0.3 is 6.18 Å². The van der Waals surface area contributed by atoms with Crippen LogP contribution in [0.5, 0.6) is 0 Å². The average molecular weight is 306 g/mol. The zero-order valence-electron chi connectivity index (χ0n) is 12.6. The fraction of sp³-hybridized carbons (Fsp3) is 0.933. The molecule has 0 bridgehead atoms. The van der Waals surface area contributed by atoms with E-state index >= 15 is 0 Å². The van der Waals surface area contributed by atoms with Crippen molar-refractivity contribution < 1.29 is 18.0 Å². The minimum atomic E-state index is -4.04. The molecule has 1 saturated carbocycles. The van der Waals surface area contributed by atoms with Gasteiger partial charge in [-0.1, -0.05) is 0 Å². The molecule has 1 atom stereocenters. The smallest absolute Gasteiger partial charge is 0.343 e. The zero-order chi connectivity index (χ0) is 15.5. The van der Waals surface area contributed by atoms with Gasteiger partial charge in [-0.05, 0) is 45.4 Å². The largest absolute Gasteiger partial charge is 0.391 e. The third-order valence-corrected chi connectivity index (χ3v) is 4.61. The highest BCUT2D eigenvalue weighted by Gasteiger charge is 2.47. The van der Waals surface area contributed by atoms with Crippen LogP contribution in [0.3, 0.4) is 0 Å². The molecule has 3 nitrogen and oxygen atoms in total. The van der Waals surface area contributed by atoms with E-state index < -0.39 is 12.1 Å². The van der Waals surface area contributed by atoms with E-state index in [9.17, 15) is 18.0 Å². The minimum Gasteiger partial charge on any atom is -0.343 e. The molecule has 21 heavy (non-hydrogen) atoms. The lowest BCUT2D eigenvalue weighted by Crippen LogP contribution is -2.49. The zero-order valence-corrected chi connectivity index (χ0v) is 12.6.